The summed E-state index contributed by atoms with van der Waals surface area (Å²) < 4.78 is 0.708. The van der Waals surface area contributed by atoms with E-state index in [0.29, 0.717) is 16.5 Å². The normalized spacial score (nSPS) is 10.4. The van der Waals surface area contributed by atoms with Crippen molar-refractivity contribution in [1.82, 2.24) is 4.98 Å². The van der Waals surface area contributed by atoms with E-state index >= 15 is 0 Å². The second-order valence-corrected chi connectivity index (χ2v) is 5.32. The lowest BCUT2D eigenvalue weighted by molar-refractivity contribution is 0.0989. The molecule has 2 rings (SSSR count). The van der Waals surface area contributed by atoms with E-state index in [1.807, 2.05) is 19.1 Å². The molecule has 0 saturated carbocycles. The predicted molar refractivity (Wildman–Crippen MR) is 66.3 cm³/mol. The number of thiophene rings is 1. The van der Waals surface area contributed by atoms with Crippen molar-refractivity contribution in [2.45, 2.75) is 13.3 Å². The maximum Gasteiger partial charge on any atom is 0.186 e. The first-order chi connectivity index (χ1) is 7.65. The number of pyridine rings is 1. The molecule has 2 aromatic rings. The molecule has 2 nitrogen and oxygen atoms in total. The molecule has 82 valence electrons. The van der Waals surface area contributed by atoms with Crippen LogP contribution in [0.15, 0.2) is 30.5 Å². The molecule has 16 heavy (non-hydrogen) atoms. The molecule has 0 aliphatic carbocycles. The van der Waals surface area contributed by atoms with Crippen LogP contribution in [0.1, 0.15) is 20.9 Å². The molecule has 2 heterocycles. The summed E-state index contributed by atoms with van der Waals surface area (Å²) in [5, 5.41) is 0. The summed E-state index contributed by atoms with van der Waals surface area (Å²) in [6.45, 7) is 1.94. The highest BCUT2D eigenvalue weighted by molar-refractivity contribution is 7.16. The Balaban J connectivity index is 2.14. The lowest BCUT2D eigenvalue weighted by Crippen LogP contribution is -2.04. The molecule has 0 amide bonds. The first-order valence-electron chi connectivity index (χ1n) is 4.85. The van der Waals surface area contributed by atoms with Gasteiger partial charge in [-0.1, -0.05) is 11.6 Å². The first kappa shape index (κ1) is 11.3. The number of carbonyl (C=O) groups excluding carboxylic acids is 1. The third-order valence-electron chi connectivity index (χ3n) is 2.16. The van der Waals surface area contributed by atoms with E-state index in [2.05, 4.69) is 4.98 Å². The molecule has 0 aliphatic heterocycles. The van der Waals surface area contributed by atoms with Gasteiger partial charge in [-0.15, -0.1) is 11.3 Å². The van der Waals surface area contributed by atoms with Crippen LogP contribution in [0.25, 0.3) is 0 Å². The van der Waals surface area contributed by atoms with Crippen LogP contribution in [0, 0.1) is 6.92 Å². The van der Waals surface area contributed by atoms with E-state index in [0.717, 1.165) is 10.4 Å². The lowest BCUT2D eigenvalue weighted by atomic mass is 10.1. The average molecular weight is 252 g/mol. The number of halogens is 1. The van der Waals surface area contributed by atoms with Crippen LogP contribution in [0.2, 0.25) is 4.34 Å². The topological polar surface area (TPSA) is 30.0 Å². The van der Waals surface area contributed by atoms with Crippen molar-refractivity contribution in [3.8, 4) is 0 Å². The third kappa shape index (κ3) is 2.68. The van der Waals surface area contributed by atoms with Crippen molar-refractivity contribution >= 4 is 28.7 Å². The minimum atomic E-state index is 0.0298. The highest BCUT2D eigenvalue weighted by atomic mass is 35.5. The van der Waals surface area contributed by atoms with Gasteiger partial charge in [0, 0.05) is 17.5 Å². The molecule has 4 heteroatoms. The number of hydrogen-bond donors (Lipinski definition) is 0. The fraction of sp³-hybridized carbons (Fsp3) is 0.167. The van der Waals surface area contributed by atoms with E-state index in [-0.39, 0.29) is 5.78 Å². The van der Waals surface area contributed by atoms with Crippen LogP contribution in [0.5, 0.6) is 0 Å². The minimum absolute atomic E-state index is 0.0298. The molecule has 2 aromatic heterocycles. The Kier molecular flexibility index (Phi) is 3.36. The van der Waals surface area contributed by atoms with Crippen LogP contribution in [-0.4, -0.2) is 10.8 Å². The third-order valence-corrected chi connectivity index (χ3v) is 3.40. The molecular formula is C12H10ClNOS. The maximum absolute atomic E-state index is 11.9. The van der Waals surface area contributed by atoms with Gasteiger partial charge < -0.3 is 0 Å². The highest BCUT2D eigenvalue weighted by Crippen LogP contribution is 2.22. The first-order valence-corrected chi connectivity index (χ1v) is 6.04. The second-order valence-electron chi connectivity index (χ2n) is 3.52. The van der Waals surface area contributed by atoms with Gasteiger partial charge in [-0.3, -0.25) is 9.78 Å². The van der Waals surface area contributed by atoms with Gasteiger partial charge in [-0.2, -0.15) is 0 Å². The molecule has 0 atom stereocenters. The maximum atomic E-state index is 11.9. The van der Waals surface area contributed by atoms with Gasteiger partial charge >= 0.3 is 0 Å². The van der Waals surface area contributed by atoms with Gasteiger partial charge in [-0.05, 0) is 36.8 Å². The van der Waals surface area contributed by atoms with Crippen LogP contribution < -0.4 is 0 Å². The Bertz CT molecular complexity index is 521. The molecule has 0 fully saturated rings. The van der Waals surface area contributed by atoms with Crippen molar-refractivity contribution in [1.29, 1.82) is 0 Å². The van der Waals surface area contributed by atoms with Crippen LogP contribution >= 0.6 is 22.9 Å². The summed E-state index contributed by atoms with van der Waals surface area (Å²) in [6.07, 6.45) is 2.03. The Morgan fingerprint density at radius 3 is 2.88 bits per heavy atom. The van der Waals surface area contributed by atoms with Crippen LogP contribution in [0.3, 0.4) is 0 Å². The molecule has 0 bridgehead atoms. The minimum Gasteiger partial charge on any atom is -0.292 e. The Hall–Kier alpha value is -1.19. The van der Waals surface area contributed by atoms with Gasteiger partial charge in [-0.25, -0.2) is 0 Å². The largest absolute Gasteiger partial charge is 0.292 e. The molecule has 0 radical (unpaired) electrons. The number of nitrogens with zero attached hydrogens (tertiary/aromatic N) is 1. The summed E-state index contributed by atoms with van der Waals surface area (Å²) in [4.78, 5) is 16.9. The van der Waals surface area contributed by atoms with Crippen molar-refractivity contribution in [3.05, 3.63) is 50.9 Å². The van der Waals surface area contributed by atoms with Crippen molar-refractivity contribution in [3.63, 3.8) is 0 Å². The molecule has 0 aliphatic rings. The number of rotatable bonds is 3. The fourth-order valence-electron chi connectivity index (χ4n) is 1.38. The molecule has 0 aromatic carbocycles. The Morgan fingerprint density at radius 1 is 1.44 bits per heavy atom. The van der Waals surface area contributed by atoms with Crippen molar-refractivity contribution in [2.75, 3.05) is 0 Å². The highest BCUT2D eigenvalue weighted by Gasteiger charge is 2.10. The van der Waals surface area contributed by atoms with Crippen LogP contribution in [0.4, 0.5) is 0 Å². The van der Waals surface area contributed by atoms with E-state index in [4.69, 9.17) is 11.6 Å². The van der Waals surface area contributed by atoms with Crippen molar-refractivity contribution < 1.29 is 4.79 Å². The monoisotopic (exact) mass is 251 g/mol. The summed E-state index contributed by atoms with van der Waals surface area (Å²) >= 11 is 7.24. The van der Waals surface area contributed by atoms with E-state index in [1.165, 1.54) is 11.3 Å². The van der Waals surface area contributed by atoms with E-state index < -0.39 is 0 Å². The Labute approximate surface area is 103 Å². The average Bonchev–Trinajstić information content (AvgIpc) is 2.64. The lowest BCUT2D eigenvalue weighted by Gasteiger charge is -1.99. The van der Waals surface area contributed by atoms with Gasteiger partial charge in [0.05, 0.1) is 4.34 Å². The van der Waals surface area contributed by atoms with Crippen molar-refractivity contribution in [2.24, 2.45) is 0 Å². The van der Waals surface area contributed by atoms with Crippen LogP contribution in [-0.2, 0) is 6.42 Å². The Morgan fingerprint density at radius 2 is 2.25 bits per heavy atom. The molecule has 0 spiro atoms. The van der Waals surface area contributed by atoms with E-state index in [1.54, 1.807) is 18.3 Å². The quantitative estimate of drug-likeness (QED) is 0.781. The smallest absolute Gasteiger partial charge is 0.186 e. The standard InChI is InChI=1S/C12H10ClNOS/c1-8-4-5-14-10(6-8)11(15)7-9-2-3-12(13)16-9/h2-6H,7H2,1H3. The number of aromatic nitrogens is 1. The summed E-state index contributed by atoms with van der Waals surface area (Å²) in [5.41, 5.74) is 1.56. The zero-order valence-corrected chi connectivity index (χ0v) is 10.3. The number of carbonyl (C=O) groups is 1. The van der Waals surface area contributed by atoms with Gasteiger partial charge in [0.25, 0.3) is 0 Å². The zero-order valence-electron chi connectivity index (χ0n) is 8.74. The molecule has 0 N–H and O–H groups in total. The van der Waals surface area contributed by atoms with E-state index in [9.17, 15) is 4.79 Å². The molecular weight excluding hydrogens is 242 g/mol. The SMILES string of the molecule is Cc1ccnc(C(=O)Cc2ccc(Cl)s2)c1. The zero-order chi connectivity index (χ0) is 11.5. The molecule has 0 saturated heterocycles. The second kappa shape index (κ2) is 4.76. The van der Waals surface area contributed by atoms with Gasteiger partial charge in [0.2, 0.25) is 0 Å². The predicted octanol–water partition coefficient (Wildman–Crippen LogP) is 3.53. The molecule has 0 unspecified atom stereocenters. The van der Waals surface area contributed by atoms with Gasteiger partial charge in [0.15, 0.2) is 5.78 Å². The summed E-state index contributed by atoms with van der Waals surface area (Å²) in [6, 6.07) is 7.36. The number of hydrogen-bond acceptors (Lipinski definition) is 3. The number of Topliss-reactive ketones (excluding diaryl/α,β-unsaturated/α-hetero) is 1. The fourth-order valence-corrected chi connectivity index (χ4v) is 2.47. The number of aryl methyl sites for hydroxylation is 1. The summed E-state index contributed by atoms with van der Waals surface area (Å²) in [7, 11) is 0. The summed E-state index contributed by atoms with van der Waals surface area (Å²) in [5.74, 6) is 0.0298. The van der Waals surface area contributed by atoms with Gasteiger partial charge in [0.1, 0.15) is 5.69 Å². The number of ketones is 1.